The molecule has 1 heterocycles. The molecule has 0 aliphatic carbocycles. The predicted molar refractivity (Wildman–Crippen MR) is 127 cm³/mol. The highest BCUT2D eigenvalue weighted by atomic mass is 35.5. The Labute approximate surface area is 195 Å². The van der Waals surface area contributed by atoms with E-state index < -0.39 is 5.97 Å². The minimum atomic E-state index is -1.04. The van der Waals surface area contributed by atoms with E-state index in [1.807, 2.05) is 6.92 Å². The highest BCUT2D eigenvalue weighted by molar-refractivity contribution is 8.18. The van der Waals surface area contributed by atoms with Crippen LogP contribution >= 0.6 is 23.4 Å². The van der Waals surface area contributed by atoms with Crippen molar-refractivity contribution in [1.29, 1.82) is 0 Å². The largest absolute Gasteiger partial charge is 0.493 e. The second-order valence-electron chi connectivity index (χ2n) is 6.54. The molecule has 166 valence electrons. The maximum absolute atomic E-state index is 12.9. The first-order valence-electron chi connectivity index (χ1n) is 9.62. The maximum Gasteiger partial charge on any atom is 0.335 e. The zero-order valence-corrected chi connectivity index (χ0v) is 19.1. The molecule has 7 nitrogen and oxygen atoms in total. The number of halogens is 1. The number of amidine groups is 1. The van der Waals surface area contributed by atoms with Crippen molar-refractivity contribution in [2.75, 3.05) is 20.3 Å². The SMILES string of the molecule is C=CCOc1c(Cl)cc(C=C2SC(=Nc3cccc(C(=O)O)c3)N(CC)C2=O)cc1OC. The van der Waals surface area contributed by atoms with Gasteiger partial charge in [0.05, 0.1) is 28.3 Å². The average Bonchev–Trinajstić information content (AvgIpc) is 3.06. The van der Waals surface area contributed by atoms with E-state index in [1.165, 1.54) is 35.9 Å². The molecule has 0 unspecified atom stereocenters. The number of hydrogen-bond donors (Lipinski definition) is 1. The average molecular weight is 473 g/mol. The summed E-state index contributed by atoms with van der Waals surface area (Å²) in [5.74, 6) is -0.403. The van der Waals surface area contributed by atoms with Crippen LogP contribution in [0.1, 0.15) is 22.8 Å². The summed E-state index contributed by atoms with van der Waals surface area (Å²) in [6.45, 7) is 6.15. The van der Waals surface area contributed by atoms with Gasteiger partial charge >= 0.3 is 5.97 Å². The topological polar surface area (TPSA) is 88.4 Å². The van der Waals surface area contributed by atoms with Gasteiger partial charge in [0.25, 0.3) is 5.91 Å². The van der Waals surface area contributed by atoms with Gasteiger partial charge in [-0.05, 0) is 60.7 Å². The van der Waals surface area contributed by atoms with Crippen molar-refractivity contribution in [3.8, 4) is 11.5 Å². The molecule has 2 aromatic rings. The van der Waals surface area contributed by atoms with E-state index in [1.54, 1.807) is 36.4 Å². The number of thioether (sulfide) groups is 1. The van der Waals surface area contributed by atoms with E-state index in [2.05, 4.69) is 11.6 Å². The predicted octanol–water partition coefficient (Wildman–Crippen LogP) is 5.24. The number of hydrogen-bond acceptors (Lipinski definition) is 6. The van der Waals surface area contributed by atoms with Crippen LogP contribution in [0.3, 0.4) is 0 Å². The monoisotopic (exact) mass is 472 g/mol. The van der Waals surface area contributed by atoms with Crippen molar-refractivity contribution in [2.45, 2.75) is 6.92 Å². The highest BCUT2D eigenvalue weighted by Gasteiger charge is 2.32. The number of ether oxygens (including phenoxy) is 2. The number of carbonyl (C=O) groups excluding carboxylic acids is 1. The van der Waals surface area contributed by atoms with E-state index in [-0.39, 0.29) is 18.1 Å². The lowest BCUT2D eigenvalue weighted by Gasteiger charge is -2.12. The van der Waals surface area contributed by atoms with Crippen LogP contribution in [0.2, 0.25) is 5.02 Å². The molecule has 0 bridgehead atoms. The molecule has 1 fully saturated rings. The van der Waals surface area contributed by atoms with Crippen molar-refractivity contribution in [1.82, 2.24) is 4.90 Å². The Bertz CT molecular complexity index is 1130. The fourth-order valence-corrected chi connectivity index (χ4v) is 4.28. The number of rotatable bonds is 8. The minimum absolute atomic E-state index is 0.125. The van der Waals surface area contributed by atoms with Crippen LogP contribution < -0.4 is 9.47 Å². The number of carbonyl (C=O) groups is 2. The number of likely N-dealkylation sites (N-methyl/N-ethyl adjacent to an activating group) is 1. The molecule has 9 heteroatoms. The summed E-state index contributed by atoms with van der Waals surface area (Å²) in [5.41, 5.74) is 1.24. The quantitative estimate of drug-likeness (QED) is 0.417. The first-order valence-corrected chi connectivity index (χ1v) is 10.8. The Kier molecular flexibility index (Phi) is 7.61. The number of methoxy groups -OCH3 is 1. The Balaban J connectivity index is 1.95. The van der Waals surface area contributed by atoms with Crippen molar-refractivity contribution in [2.24, 2.45) is 4.99 Å². The number of amides is 1. The first kappa shape index (κ1) is 23.4. The van der Waals surface area contributed by atoms with Gasteiger partial charge in [-0.15, -0.1) is 0 Å². The van der Waals surface area contributed by atoms with Crippen LogP contribution in [0.25, 0.3) is 6.08 Å². The molecule has 1 N–H and O–H groups in total. The number of benzene rings is 2. The highest BCUT2D eigenvalue weighted by Crippen LogP contribution is 2.39. The van der Waals surface area contributed by atoms with Crippen molar-refractivity contribution in [3.63, 3.8) is 0 Å². The molecular formula is C23H21ClN2O5S. The Hall–Kier alpha value is -3.23. The lowest BCUT2D eigenvalue weighted by molar-refractivity contribution is -0.122. The Morgan fingerprint density at radius 3 is 2.78 bits per heavy atom. The molecule has 2 aromatic carbocycles. The van der Waals surface area contributed by atoms with Crippen LogP contribution in [0.4, 0.5) is 5.69 Å². The number of carboxylic acids is 1. The van der Waals surface area contributed by atoms with E-state index in [9.17, 15) is 14.7 Å². The van der Waals surface area contributed by atoms with Crippen molar-refractivity contribution >= 4 is 52.2 Å². The molecule has 1 amide bonds. The summed E-state index contributed by atoms with van der Waals surface area (Å²) in [5, 5.41) is 10.0. The molecule has 0 atom stereocenters. The van der Waals surface area contributed by atoms with Crippen molar-refractivity contribution in [3.05, 3.63) is 70.1 Å². The minimum Gasteiger partial charge on any atom is -0.493 e. The third kappa shape index (κ3) is 5.15. The summed E-state index contributed by atoms with van der Waals surface area (Å²) in [6, 6.07) is 9.66. The number of carboxylic acid groups (broad SMARTS) is 1. The van der Waals surface area contributed by atoms with Gasteiger partial charge in [0.2, 0.25) is 0 Å². The van der Waals surface area contributed by atoms with Crippen LogP contribution in [0.15, 0.2) is 59.0 Å². The molecule has 0 aromatic heterocycles. The molecule has 3 rings (SSSR count). The second-order valence-corrected chi connectivity index (χ2v) is 7.96. The second kappa shape index (κ2) is 10.4. The van der Waals surface area contributed by atoms with Gasteiger partial charge in [-0.1, -0.05) is 30.3 Å². The lowest BCUT2D eigenvalue weighted by atomic mass is 10.1. The van der Waals surface area contributed by atoms with Crippen LogP contribution in [-0.4, -0.2) is 47.3 Å². The van der Waals surface area contributed by atoms with Crippen LogP contribution in [0, 0.1) is 0 Å². The van der Waals surface area contributed by atoms with Gasteiger partial charge in [0, 0.05) is 6.54 Å². The number of aromatic carboxylic acids is 1. The van der Waals surface area contributed by atoms with Crippen molar-refractivity contribution < 1.29 is 24.2 Å². The van der Waals surface area contributed by atoms with Crippen LogP contribution in [0.5, 0.6) is 11.5 Å². The summed E-state index contributed by atoms with van der Waals surface area (Å²) in [7, 11) is 1.51. The van der Waals surface area contributed by atoms with Crippen LogP contribution in [-0.2, 0) is 4.79 Å². The molecule has 1 saturated heterocycles. The van der Waals surface area contributed by atoms with E-state index in [0.717, 1.165) is 0 Å². The summed E-state index contributed by atoms with van der Waals surface area (Å²) < 4.78 is 10.9. The smallest absolute Gasteiger partial charge is 0.335 e. The Morgan fingerprint density at radius 2 is 2.12 bits per heavy atom. The zero-order valence-electron chi connectivity index (χ0n) is 17.5. The molecule has 32 heavy (non-hydrogen) atoms. The first-order chi connectivity index (χ1) is 15.4. The fraction of sp³-hybridized carbons (Fsp3) is 0.174. The van der Waals surface area contributed by atoms with Gasteiger partial charge in [-0.3, -0.25) is 9.69 Å². The van der Waals surface area contributed by atoms with Gasteiger partial charge in [-0.25, -0.2) is 9.79 Å². The molecular weight excluding hydrogens is 452 g/mol. The number of nitrogens with zero attached hydrogens (tertiary/aromatic N) is 2. The van der Waals surface area contributed by atoms with Gasteiger partial charge in [0.15, 0.2) is 16.7 Å². The molecule has 0 spiro atoms. The van der Waals surface area contributed by atoms with E-state index >= 15 is 0 Å². The summed E-state index contributed by atoms with van der Waals surface area (Å²) in [6.07, 6.45) is 3.31. The fourth-order valence-electron chi connectivity index (χ4n) is 2.95. The third-order valence-electron chi connectivity index (χ3n) is 4.42. The lowest BCUT2D eigenvalue weighted by Crippen LogP contribution is -2.28. The van der Waals surface area contributed by atoms with E-state index in [0.29, 0.717) is 44.4 Å². The zero-order chi connectivity index (χ0) is 23.3. The maximum atomic E-state index is 12.9. The molecule has 0 saturated carbocycles. The number of aliphatic imine (C=N–C) groups is 1. The van der Waals surface area contributed by atoms with E-state index in [4.69, 9.17) is 21.1 Å². The standard InChI is InChI=1S/C23H21ClN2O5S/c1-4-9-31-20-17(24)10-14(11-18(20)30-3)12-19-21(27)26(5-2)23(32-19)25-16-8-6-7-15(13-16)22(28)29/h4,6-8,10-13H,1,5,9H2,2-3H3,(H,28,29). The Morgan fingerprint density at radius 1 is 1.34 bits per heavy atom. The molecule has 0 radical (unpaired) electrons. The summed E-state index contributed by atoms with van der Waals surface area (Å²) >= 11 is 7.57. The molecule has 1 aliphatic rings. The third-order valence-corrected chi connectivity index (χ3v) is 5.70. The van der Waals surface area contributed by atoms with Gasteiger partial charge < -0.3 is 14.6 Å². The normalized spacial score (nSPS) is 16.0. The van der Waals surface area contributed by atoms with Gasteiger partial charge in [-0.2, -0.15) is 0 Å². The van der Waals surface area contributed by atoms with Gasteiger partial charge in [0.1, 0.15) is 6.61 Å². The molecule has 1 aliphatic heterocycles. The summed E-state index contributed by atoms with van der Waals surface area (Å²) in [4.78, 5) is 30.6.